The SMILES string of the molecule is CCN(CC)CCCNc1ccc2c3c(nn2CCN(CC)CC)-c2ccccc2C(=O)c13. The molecule has 0 aliphatic heterocycles. The molecule has 33 heavy (non-hydrogen) atoms. The molecule has 0 fully saturated rings. The highest BCUT2D eigenvalue weighted by atomic mass is 16.1. The zero-order valence-electron chi connectivity index (χ0n) is 20.5. The first kappa shape index (κ1) is 23.5. The number of likely N-dealkylation sites (N-methyl/N-ethyl adjacent to an activating group) is 1. The average Bonchev–Trinajstić information content (AvgIpc) is 3.22. The molecule has 0 radical (unpaired) electrons. The number of rotatable bonds is 12. The van der Waals surface area contributed by atoms with E-state index < -0.39 is 0 Å². The predicted molar refractivity (Wildman–Crippen MR) is 137 cm³/mol. The summed E-state index contributed by atoms with van der Waals surface area (Å²) in [7, 11) is 0. The molecule has 0 amide bonds. The van der Waals surface area contributed by atoms with Crippen LogP contribution >= 0.6 is 0 Å². The molecule has 1 aliphatic carbocycles. The third-order valence-electron chi connectivity index (χ3n) is 6.96. The van der Waals surface area contributed by atoms with Gasteiger partial charge in [-0.2, -0.15) is 5.10 Å². The van der Waals surface area contributed by atoms with Gasteiger partial charge in [0.25, 0.3) is 0 Å². The third-order valence-corrected chi connectivity index (χ3v) is 6.96. The molecule has 3 aromatic rings. The summed E-state index contributed by atoms with van der Waals surface area (Å²) in [5.74, 6) is 0.0956. The number of ketones is 1. The van der Waals surface area contributed by atoms with E-state index in [9.17, 15) is 4.79 Å². The van der Waals surface area contributed by atoms with E-state index in [4.69, 9.17) is 5.10 Å². The number of fused-ring (bicyclic) bond motifs is 2. The lowest BCUT2D eigenvalue weighted by Crippen LogP contribution is -2.27. The minimum Gasteiger partial charge on any atom is -0.384 e. The van der Waals surface area contributed by atoms with Crippen LogP contribution in [0.5, 0.6) is 0 Å². The topological polar surface area (TPSA) is 53.4 Å². The number of nitrogens with zero attached hydrogens (tertiary/aromatic N) is 4. The molecule has 1 aromatic heterocycles. The third kappa shape index (κ3) is 4.55. The molecule has 0 saturated carbocycles. The molecule has 176 valence electrons. The molecule has 0 bridgehead atoms. The van der Waals surface area contributed by atoms with Crippen LogP contribution in [0.1, 0.15) is 50.0 Å². The standard InChI is InChI=1S/C27H37N5O/c1-5-30(6-2)17-11-16-28-22-14-15-23-25-24(22)27(33)21-13-10-9-12-20(21)26(25)29-32(23)19-18-31(7-3)8-4/h9-10,12-15,28H,5-8,11,16-19H2,1-4H3. The number of nitrogens with one attached hydrogen (secondary N) is 1. The Morgan fingerprint density at radius 3 is 2.24 bits per heavy atom. The highest BCUT2D eigenvalue weighted by molar-refractivity contribution is 6.27. The lowest BCUT2D eigenvalue weighted by atomic mass is 9.86. The van der Waals surface area contributed by atoms with Crippen LogP contribution in [0.25, 0.3) is 22.2 Å². The van der Waals surface area contributed by atoms with Crippen molar-refractivity contribution in [2.24, 2.45) is 0 Å². The number of carbonyl (C=O) groups is 1. The summed E-state index contributed by atoms with van der Waals surface area (Å²) in [6.07, 6.45) is 1.04. The van der Waals surface area contributed by atoms with Gasteiger partial charge < -0.3 is 15.1 Å². The Hall–Kier alpha value is -2.70. The second-order valence-corrected chi connectivity index (χ2v) is 8.66. The van der Waals surface area contributed by atoms with E-state index in [1.165, 1.54) is 0 Å². The van der Waals surface area contributed by atoms with Gasteiger partial charge in [-0.25, -0.2) is 0 Å². The quantitative estimate of drug-likeness (QED) is 0.318. The van der Waals surface area contributed by atoms with Crippen LogP contribution in [0.4, 0.5) is 5.69 Å². The van der Waals surface area contributed by atoms with Gasteiger partial charge in [-0.1, -0.05) is 52.0 Å². The molecule has 0 spiro atoms. The monoisotopic (exact) mass is 447 g/mol. The van der Waals surface area contributed by atoms with Crippen molar-refractivity contribution in [1.82, 2.24) is 19.6 Å². The van der Waals surface area contributed by atoms with Gasteiger partial charge in [0.05, 0.1) is 17.6 Å². The van der Waals surface area contributed by atoms with Crippen molar-refractivity contribution in [2.75, 3.05) is 51.1 Å². The van der Waals surface area contributed by atoms with Crippen molar-refractivity contribution in [3.05, 3.63) is 47.5 Å². The minimum absolute atomic E-state index is 0.0956. The largest absolute Gasteiger partial charge is 0.384 e. The molecule has 1 heterocycles. The van der Waals surface area contributed by atoms with E-state index in [0.717, 1.165) is 97.8 Å². The number of aromatic nitrogens is 2. The fourth-order valence-corrected chi connectivity index (χ4v) is 4.88. The van der Waals surface area contributed by atoms with Crippen LogP contribution in [0.3, 0.4) is 0 Å². The first-order valence-electron chi connectivity index (χ1n) is 12.5. The van der Waals surface area contributed by atoms with Crippen molar-refractivity contribution >= 4 is 22.4 Å². The van der Waals surface area contributed by atoms with Gasteiger partial charge in [-0.3, -0.25) is 9.48 Å². The highest BCUT2D eigenvalue weighted by Crippen LogP contribution is 2.41. The van der Waals surface area contributed by atoms with E-state index in [1.807, 2.05) is 24.3 Å². The Kier molecular flexibility index (Phi) is 7.46. The van der Waals surface area contributed by atoms with E-state index >= 15 is 0 Å². The van der Waals surface area contributed by atoms with Crippen LogP contribution in [-0.2, 0) is 6.54 Å². The molecule has 0 saturated heterocycles. The van der Waals surface area contributed by atoms with Gasteiger partial charge in [-0.05, 0) is 51.3 Å². The summed E-state index contributed by atoms with van der Waals surface area (Å²) in [5.41, 5.74) is 5.37. The van der Waals surface area contributed by atoms with Crippen molar-refractivity contribution in [2.45, 2.75) is 40.7 Å². The van der Waals surface area contributed by atoms with Crippen molar-refractivity contribution in [3.8, 4) is 11.3 Å². The molecule has 1 aliphatic rings. The number of hydrogen-bond acceptors (Lipinski definition) is 5. The molecule has 6 heteroatoms. The Morgan fingerprint density at radius 1 is 0.879 bits per heavy atom. The molecule has 2 aromatic carbocycles. The highest BCUT2D eigenvalue weighted by Gasteiger charge is 2.30. The van der Waals surface area contributed by atoms with Gasteiger partial charge >= 0.3 is 0 Å². The summed E-state index contributed by atoms with van der Waals surface area (Å²) in [5, 5.41) is 9.58. The molecular weight excluding hydrogens is 410 g/mol. The van der Waals surface area contributed by atoms with E-state index in [0.29, 0.717) is 0 Å². The number of hydrogen-bond donors (Lipinski definition) is 1. The molecule has 6 nitrogen and oxygen atoms in total. The molecule has 0 unspecified atom stereocenters. The summed E-state index contributed by atoms with van der Waals surface area (Å²) in [4.78, 5) is 18.4. The summed E-state index contributed by atoms with van der Waals surface area (Å²) < 4.78 is 2.09. The van der Waals surface area contributed by atoms with E-state index in [1.54, 1.807) is 0 Å². The number of benzene rings is 2. The normalized spacial score (nSPS) is 12.7. The first-order chi connectivity index (χ1) is 16.1. The van der Waals surface area contributed by atoms with E-state index in [2.05, 4.69) is 59.6 Å². The lowest BCUT2D eigenvalue weighted by molar-refractivity contribution is 0.104. The maximum absolute atomic E-state index is 13.6. The zero-order chi connectivity index (χ0) is 23.4. The molecule has 1 N–H and O–H groups in total. The summed E-state index contributed by atoms with van der Waals surface area (Å²) >= 11 is 0. The maximum atomic E-state index is 13.6. The van der Waals surface area contributed by atoms with Crippen molar-refractivity contribution < 1.29 is 4.79 Å². The van der Waals surface area contributed by atoms with Gasteiger partial charge in [0.15, 0.2) is 5.78 Å². The Labute approximate surface area is 197 Å². The van der Waals surface area contributed by atoms with Gasteiger partial charge in [0.1, 0.15) is 5.69 Å². The Morgan fingerprint density at radius 2 is 1.55 bits per heavy atom. The minimum atomic E-state index is 0.0956. The number of carbonyl (C=O) groups excluding carboxylic acids is 1. The zero-order valence-corrected chi connectivity index (χ0v) is 20.5. The lowest BCUT2D eigenvalue weighted by Gasteiger charge is -2.20. The smallest absolute Gasteiger partial charge is 0.196 e. The van der Waals surface area contributed by atoms with Crippen LogP contribution in [0.15, 0.2) is 36.4 Å². The fraction of sp³-hybridized carbons (Fsp3) is 0.481. The van der Waals surface area contributed by atoms with Crippen LogP contribution < -0.4 is 5.32 Å². The fourth-order valence-electron chi connectivity index (χ4n) is 4.88. The second kappa shape index (κ2) is 10.5. The van der Waals surface area contributed by atoms with Crippen molar-refractivity contribution in [1.29, 1.82) is 0 Å². The average molecular weight is 448 g/mol. The number of anilines is 1. The second-order valence-electron chi connectivity index (χ2n) is 8.66. The molecule has 4 rings (SSSR count). The van der Waals surface area contributed by atoms with Crippen LogP contribution in [0, 0.1) is 0 Å². The van der Waals surface area contributed by atoms with Crippen molar-refractivity contribution in [3.63, 3.8) is 0 Å². The van der Waals surface area contributed by atoms with Crippen LogP contribution in [-0.4, -0.2) is 71.2 Å². The Bertz CT molecular complexity index is 1110. The van der Waals surface area contributed by atoms with Gasteiger partial charge in [0.2, 0.25) is 0 Å². The Balaban J connectivity index is 1.69. The first-order valence-corrected chi connectivity index (χ1v) is 12.5. The molecular formula is C27H37N5O. The molecule has 0 atom stereocenters. The summed E-state index contributed by atoms with van der Waals surface area (Å²) in [6.45, 7) is 16.6. The van der Waals surface area contributed by atoms with Gasteiger partial charge in [0, 0.05) is 35.3 Å². The summed E-state index contributed by atoms with van der Waals surface area (Å²) in [6, 6.07) is 12.1. The predicted octanol–water partition coefficient (Wildman–Crippen LogP) is 4.73. The van der Waals surface area contributed by atoms with Crippen LogP contribution in [0.2, 0.25) is 0 Å². The maximum Gasteiger partial charge on any atom is 0.196 e. The van der Waals surface area contributed by atoms with Gasteiger partial charge in [-0.15, -0.1) is 0 Å². The van der Waals surface area contributed by atoms with E-state index in [-0.39, 0.29) is 5.78 Å².